The number of carbonyl (C=O) groups is 3. The third-order valence-electron chi connectivity index (χ3n) is 3.42. The first kappa shape index (κ1) is 25.9. The summed E-state index contributed by atoms with van der Waals surface area (Å²) in [4.78, 5) is 36.0. The first-order valence-corrected chi connectivity index (χ1v) is 9.11. The topological polar surface area (TPSA) is 110 Å². The molecule has 1 heterocycles. The van der Waals surface area contributed by atoms with Crippen LogP contribution >= 0.6 is 0 Å². The van der Waals surface area contributed by atoms with Crippen LogP contribution in [0, 0.1) is 0 Å². The zero-order valence-electron chi connectivity index (χ0n) is 17.2. The fraction of sp³-hybridized carbons (Fsp3) is 0.667. The summed E-state index contributed by atoms with van der Waals surface area (Å²) in [6.07, 6.45) is 4.69. The van der Waals surface area contributed by atoms with E-state index in [0.717, 1.165) is 0 Å². The van der Waals surface area contributed by atoms with Crippen LogP contribution in [0.4, 0.5) is 0 Å². The van der Waals surface area contributed by atoms with Gasteiger partial charge in [-0.25, -0.2) is 0 Å². The molecule has 0 fully saturated rings. The van der Waals surface area contributed by atoms with E-state index in [1.54, 1.807) is 26.2 Å². The summed E-state index contributed by atoms with van der Waals surface area (Å²) < 4.78 is 1.49. The van der Waals surface area contributed by atoms with Crippen molar-refractivity contribution in [3.05, 3.63) is 18.0 Å². The number of nitrogens with one attached hydrogen (secondary N) is 1. The van der Waals surface area contributed by atoms with Crippen molar-refractivity contribution in [3.63, 3.8) is 0 Å². The lowest BCUT2D eigenvalue weighted by Crippen LogP contribution is -2.48. The average Bonchev–Trinajstić information content (AvgIpc) is 3.08. The molecule has 8 heteroatoms. The van der Waals surface area contributed by atoms with E-state index in [-0.39, 0.29) is 21.0 Å². The third-order valence-corrected chi connectivity index (χ3v) is 3.42. The van der Waals surface area contributed by atoms with Gasteiger partial charge in [0.25, 0.3) is 5.91 Å². The van der Waals surface area contributed by atoms with Gasteiger partial charge in [0.1, 0.15) is 11.7 Å². The van der Waals surface area contributed by atoms with E-state index in [4.69, 9.17) is 5.73 Å². The highest BCUT2D eigenvalue weighted by Gasteiger charge is 2.23. The van der Waals surface area contributed by atoms with Gasteiger partial charge in [0.05, 0.1) is 6.54 Å². The SMILES string of the molecule is CC.CCC(C(N)=O)N(C)C(=O)CNC(=O)c1ccn(C)n1.CCCC.[HH].[HH]. The van der Waals surface area contributed by atoms with Crippen molar-refractivity contribution in [3.8, 4) is 0 Å². The molecule has 0 spiro atoms. The van der Waals surface area contributed by atoms with E-state index in [0.29, 0.717) is 6.42 Å². The van der Waals surface area contributed by atoms with Crippen molar-refractivity contribution in [1.82, 2.24) is 20.0 Å². The van der Waals surface area contributed by atoms with Crippen LogP contribution in [-0.4, -0.2) is 52.0 Å². The Morgan fingerprint density at radius 1 is 1.27 bits per heavy atom. The summed E-state index contributed by atoms with van der Waals surface area (Å²) in [5, 5.41) is 6.37. The fourth-order valence-corrected chi connectivity index (χ4v) is 1.75. The first-order chi connectivity index (χ1) is 12.3. The van der Waals surface area contributed by atoms with Crippen LogP contribution in [0.5, 0.6) is 0 Å². The Bertz CT molecular complexity index is 551. The molecule has 1 rings (SSSR count). The lowest BCUT2D eigenvalue weighted by molar-refractivity contribution is -0.137. The highest BCUT2D eigenvalue weighted by atomic mass is 16.2. The number of unbranched alkanes of at least 4 members (excludes halogenated alkanes) is 1. The molecule has 3 N–H and O–H groups in total. The van der Waals surface area contributed by atoms with Crippen molar-refractivity contribution in [2.24, 2.45) is 12.8 Å². The number of nitrogens with zero attached hydrogens (tertiary/aromatic N) is 3. The summed E-state index contributed by atoms with van der Waals surface area (Å²) in [7, 11) is 3.17. The van der Waals surface area contributed by atoms with Gasteiger partial charge in [-0.2, -0.15) is 5.10 Å². The van der Waals surface area contributed by atoms with Crippen LogP contribution in [0.15, 0.2) is 12.3 Å². The maximum Gasteiger partial charge on any atom is 0.272 e. The molecular formula is C18H39N5O3. The van der Waals surface area contributed by atoms with Crippen LogP contribution in [0.1, 0.15) is 67.2 Å². The second kappa shape index (κ2) is 14.9. The third kappa shape index (κ3) is 9.80. The average molecular weight is 374 g/mol. The molecule has 154 valence electrons. The molecule has 0 saturated carbocycles. The van der Waals surface area contributed by atoms with E-state index < -0.39 is 17.9 Å². The Balaban J connectivity index is -0.000000320. The van der Waals surface area contributed by atoms with E-state index >= 15 is 0 Å². The second-order valence-electron chi connectivity index (χ2n) is 5.39. The molecule has 26 heavy (non-hydrogen) atoms. The standard InChI is InChI=1S/C12H19N5O3.C4H10.C2H6.2H2/c1-4-9(11(13)19)17(3)10(18)7-14-12(20)8-5-6-16(2)15-8;1-3-4-2;1-2;;/h5-6,9H,4,7H2,1-3H3,(H2,13,19)(H,14,20);3-4H2,1-2H3;1-2H3;2*1H. The molecular weight excluding hydrogens is 334 g/mol. The maximum absolute atomic E-state index is 11.9. The maximum atomic E-state index is 11.9. The number of aryl methyl sites for hydroxylation is 1. The molecule has 1 unspecified atom stereocenters. The van der Waals surface area contributed by atoms with E-state index in [2.05, 4.69) is 24.3 Å². The number of primary amides is 1. The predicted molar refractivity (Wildman–Crippen MR) is 108 cm³/mol. The molecule has 0 aromatic carbocycles. The molecule has 0 aliphatic carbocycles. The summed E-state index contributed by atoms with van der Waals surface area (Å²) >= 11 is 0. The number of amides is 3. The van der Waals surface area contributed by atoms with Crippen LogP contribution in [-0.2, 0) is 16.6 Å². The van der Waals surface area contributed by atoms with Crippen molar-refractivity contribution in [2.45, 2.75) is 59.9 Å². The quantitative estimate of drug-likeness (QED) is 0.763. The largest absolute Gasteiger partial charge is 0.368 e. The van der Waals surface area contributed by atoms with Gasteiger partial charge in [-0.05, 0) is 12.5 Å². The van der Waals surface area contributed by atoms with E-state index in [1.807, 2.05) is 13.8 Å². The van der Waals surface area contributed by atoms with Crippen molar-refractivity contribution >= 4 is 17.7 Å². The minimum absolute atomic E-state index is 0. The number of hydrogen-bond acceptors (Lipinski definition) is 4. The molecule has 8 nitrogen and oxygen atoms in total. The lowest BCUT2D eigenvalue weighted by Gasteiger charge is -2.24. The normalized spacial score (nSPS) is 10.4. The van der Waals surface area contributed by atoms with Gasteiger partial charge in [0.15, 0.2) is 0 Å². The minimum Gasteiger partial charge on any atom is -0.368 e. The number of aromatic nitrogens is 2. The first-order valence-electron chi connectivity index (χ1n) is 9.11. The smallest absolute Gasteiger partial charge is 0.272 e. The van der Waals surface area contributed by atoms with Gasteiger partial charge in [-0.1, -0.05) is 47.5 Å². The van der Waals surface area contributed by atoms with Crippen molar-refractivity contribution in [2.75, 3.05) is 13.6 Å². The zero-order valence-corrected chi connectivity index (χ0v) is 17.2. The molecule has 0 radical (unpaired) electrons. The summed E-state index contributed by atoms with van der Waals surface area (Å²) in [6, 6.07) is 0.871. The molecule has 1 aromatic heterocycles. The van der Waals surface area contributed by atoms with Crippen LogP contribution < -0.4 is 11.1 Å². The summed E-state index contributed by atoms with van der Waals surface area (Å²) in [6.45, 7) is 9.90. The molecule has 3 amide bonds. The van der Waals surface area contributed by atoms with Gasteiger partial charge in [0.2, 0.25) is 11.8 Å². The van der Waals surface area contributed by atoms with Crippen LogP contribution in [0.2, 0.25) is 0 Å². The number of likely N-dealkylation sites (N-methyl/N-ethyl adjacent to an activating group) is 1. The minimum atomic E-state index is -0.672. The van der Waals surface area contributed by atoms with Crippen molar-refractivity contribution in [1.29, 1.82) is 0 Å². The molecule has 0 aliphatic heterocycles. The molecule has 0 bridgehead atoms. The molecule has 1 atom stereocenters. The monoisotopic (exact) mass is 373 g/mol. The second-order valence-corrected chi connectivity index (χ2v) is 5.39. The van der Waals surface area contributed by atoms with E-state index in [1.165, 1.54) is 29.5 Å². The lowest BCUT2D eigenvalue weighted by atomic mass is 10.2. The Morgan fingerprint density at radius 3 is 2.15 bits per heavy atom. The highest BCUT2D eigenvalue weighted by molar-refractivity contribution is 5.95. The number of carbonyl (C=O) groups excluding carboxylic acids is 3. The van der Waals surface area contributed by atoms with Gasteiger partial charge >= 0.3 is 0 Å². The Morgan fingerprint density at radius 2 is 1.81 bits per heavy atom. The van der Waals surface area contributed by atoms with Gasteiger partial charge in [0, 0.05) is 23.1 Å². The van der Waals surface area contributed by atoms with Gasteiger partial charge in [-0.3, -0.25) is 19.1 Å². The summed E-state index contributed by atoms with van der Waals surface area (Å²) in [5.74, 6) is -1.40. The van der Waals surface area contributed by atoms with Crippen molar-refractivity contribution < 1.29 is 17.2 Å². The Labute approximate surface area is 160 Å². The Hall–Kier alpha value is -2.38. The molecule has 0 aliphatic rings. The van der Waals surface area contributed by atoms with Gasteiger partial charge < -0.3 is 16.0 Å². The number of nitrogens with two attached hydrogens (primary N) is 1. The predicted octanol–water partition coefficient (Wildman–Crippen LogP) is 2.20. The highest BCUT2D eigenvalue weighted by Crippen LogP contribution is 2.01. The van der Waals surface area contributed by atoms with E-state index in [9.17, 15) is 14.4 Å². The Kier molecular flexibility index (Phi) is 14.8. The number of hydrogen-bond donors (Lipinski definition) is 2. The summed E-state index contributed by atoms with van der Waals surface area (Å²) in [5.41, 5.74) is 5.43. The zero-order chi connectivity index (χ0) is 20.7. The van der Waals surface area contributed by atoms with Crippen LogP contribution in [0.3, 0.4) is 0 Å². The number of rotatable bonds is 7. The molecule has 1 aromatic rings. The van der Waals surface area contributed by atoms with Gasteiger partial charge in [-0.15, -0.1) is 0 Å². The fourth-order valence-electron chi connectivity index (χ4n) is 1.75. The molecule has 0 saturated heterocycles. The van der Waals surface area contributed by atoms with Crippen LogP contribution in [0.25, 0.3) is 0 Å².